The number of hydrogen-bond donors (Lipinski definition) is 3. The van der Waals surface area contributed by atoms with Gasteiger partial charge in [0.1, 0.15) is 0 Å². The Kier molecular flexibility index (Phi) is 5.36. The minimum Gasteiger partial charge on any atom is -0.395 e. The number of halogens is 2. The van der Waals surface area contributed by atoms with Crippen molar-refractivity contribution in [3.05, 3.63) is 33.8 Å². The molecule has 0 aliphatic carbocycles. The lowest BCUT2D eigenvalue weighted by Gasteiger charge is -2.13. The van der Waals surface area contributed by atoms with Gasteiger partial charge in [-0.25, -0.2) is 0 Å². The summed E-state index contributed by atoms with van der Waals surface area (Å²) in [6.45, 7) is 0.269. The first-order valence-electron chi connectivity index (χ1n) is 4.56. The summed E-state index contributed by atoms with van der Waals surface area (Å²) in [5, 5.41) is 21.8. The highest BCUT2D eigenvalue weighted by atomic mass is 35.5. The molecule has 0 bridgehead atoms. The summed E-state index contributed by atoms with van der Waals surface area (Å²) in [7, 11) is 0. The number of nitrogens with one attached hydrogen (secondary N) is 1. The fourth-order valence-corrected chi connectivity index (χ4v) is 1.58. The van der Waals surface area contributed by atoms with E-state index in [0.29, 0.717) is 16.6 Å². The summed E-state index contributed by atoms with van der Waals surface area (Å²) in [6, 6.07) is 4.89. The number of benzene rings is 1. The van der Waals surface area contributed by atoms with E-state index < -0.39 is 0 Å². The van der Waals surface area contributed by atoms with Crippen molar-refractivity contribution in [1.82, 2.24) is 5.32 Å². The normalized spacial score (nSPS) is 11.0. The van der Waals surface area contributed by atoms with Gasteiger partial charge < -0.3 is 15.5 Å². The van der Waals surface area contributed by atoms with Crippen molar-refractivity contribution in [2.24, 2.45) is 0 Å². The minimum atomic E-state index is -0.322. The van der Waals surface area contributed by atoms with Crippen LogP contribution in [0.25, 0.3) is 0 Å². The van der Waals surface area contributed by atoms with Crippen molar-refractivity contribution >= 4 is 23.2 Å². The first-order valence-corrected chi connectivity index (χ1v) is 5.32. The third-order valence-corrected chi connectivity index (χ3v) is 2.62. The summed E-state index contributed by atoms with van der Waals surface area (Å²) in [6.07, 6.45) is 0. The minimum absolute atomic E-state index is 0.109. The molecular weight excluding hydrogens is 237 g/mol. The van der Waals surface area contributed by atoms with Crippen LogP contribution in [0, 0.1) is 0 Å². The van der Waals surface area contributed by atoms with Crippen LogP contribution >= 0.6 is 23.2 Å². The molecule has 15 heavy (non-hydrogen) atoms. The maximum atomic E-state index is 8.84. The molecule has 0 spiro atoms. The molecule has 0 radical (unpaired) electrons. The van der Waals surface area contributed by atoms with E-state index in [1.54, 1.807) is 12.1 Å². The van der Waals surface area contributed by atoms with Gasteiger partial charge in [0.2, 0.25) is 0 Å². The van der Waals surface area contributed by atoms with E-state index in [4.69, 9.17) is 33.4 Å². The van der Waals surface area contributed by atoms with Crippen LogP contribution in [-0.4, -0.2) is 29.5 Å². The van der Waals surface area contributed by atoms with Gasteiger partial charge >= 0.3 is 0 Å². The molecular formula is C10H13Cl2NO2. The van der Waals surface area contributed by atoms with Crippen molar-refractivity contribution in [3.63, 3.8) is 0 Å². The Morgan fingerprint density at radius 1 is 1.20 bits per heavy atom. The monoisotopic (exact) mass is 249 g/mol. The smallest absolute Gasteiger partial charge is 0.0607 e. The van der Waals surface area contributed by atoms with Crippen molar-refractivity contribution in [3.8, 4) is 0 Å². The SMILES string of the molecule is OCC(CO)NCc1ccc(Cl)cc1Cl. The van der Waals surface area contributed by atoms with E-state index in [2.05, 4.69) is 5.32 Å². The highest BCUT2D eigenvalue weighted by Gasteiger charge is 2.06. The maximum Gasteiger partial charge on any atom is 0.0607 e. The zero-order valence-electron chi connectivity index (χ0n) is 8.08. The molecule has 0 unspecified atom stereocenters. The number of hydrogen-bond acceptors (Lipinski definition) is 3. The molecule has 1 aromatic rings. The molecule has 0 atom stereocenters. The van der Waals surface area contributed by atoms with E-state index in [-0.39, 0.29) is 19.3 Å². The predicted molar refractivity (Wildman–Crippen MR) is 61.3 cm³/mol. The average molecular weight is 250 g/mol. The summed E-state index contributed by atoms with van der Waals surface area (Å²) in [5.74, 6) is 0. The lowest BCUT2D eigenvalue weighted by molar-refractivity contribution is 0.170. The summed E-state index contributed by atoms with van der Waals surface area (Å²) >= 11 is 11.7. The Bertz CT molecular complexity index is 316. The molecule has 0 saturated heterocycles. The van der Waals surface area contributed by atoms with Crippen LogP contribution in [0.1, 0.15) is 5.56 Å². The van der Waals surface area contributed by atoms with Gasteiger partial charge in [0.25, 0.3) is 0 Å². The van der Waals surface area contributed by atoms with Crippen LogP contribution in [0.5, 0.6) is 0 Å². The van der Waals surface area contributed by atoms with Crippen LogP contribution in [0.4, 0.5) is 0 Å². The van der Waals surface area contributed by atoms with Gasteiger partial charge in [-0.3, -0.25) is 0 Å². The molecule has 5 heteroatoms. The molecule has 0 fully saturated rings. The molecule has 3 N–H and O–H groups in total. The molecule has 0 heterocycles. The molecule has 0 amide bonds. The number of aliphatic hydroxyl groups is 2. The van der Waals surface area contributed by atoms with Gasteiger partial charge in [-0.15, -0.1) is 0 Å². The molecule has 1 rings (SSSR count). The fourth-order valence-electron chi connectivity index (χ4n) is 1.11. The molecule has 1 aromatic carbocycles. The second kappa shape index (κ2) is 6.30. The summed E-state index contributed by atoms with van der Waals surface area (Å²) in [5.41, 5.74) is 0.882. The van der Waals surface area contributed by atoms with E-state index in [1.807, 2.05) is 6.07 Å². The zero-order chi connectivity index (χ0) is 11.3. The molecule has 3 nitrogen and oxygen atoms in total. The lowest BCUT2D eigenvalue weighted by atomic mass is 10.2. The Morgan fingerprint density at radius 3 is 2.40 bits per heavy atom. The van der Waals surface area contributed by atoms with E-state index in [0.717, 1.165) is 5.56 Å². The zero-order valence-corrected chi connectivity index (χ0v) is 9.59. The third-order valence-electron chi connectivity index (χ3n) is 2.04. The highest BCUT2D eigenvalue weighted by Crippen LogP contribution is 2.20. The predicted octanol–water partition coefficient (Wildman–Crippen LogP) is 1.44. The maximum absolute atomic E-state index is 8.84. The van der Waals surface area contributed by atoms with Crippen LogP contribution in [0.15, 0.2) is 18.2 Å². The second-order valence-corrected chi connectivity index (χ2v) is 4.02. The number of rotatable bonds is 5. The van der Waals surface area contributed by atoms with Crippen LogP contribution < -0.4 is 5.32 Å². The summed E-state index contributed by atoms with van der Waals surface area (Å²) in [4.78, 5) is 0. The van der Waals surface area contributed by atoms with Crippen molar-refractivity contribution in [1.29, 1.82) is 0 Å². The van der Waals surface area contributed by atoms with E-state index in [1.165, 1.54) is 0 Å². The standard InChI is InChI=1S/C10H13Cl2NO2/c11-8-2-1-7(10(12)3-8)4-13-9(5-14)6-15/h1-3,9,13-15H,4-6H2. The average Bonchev–Trinajstić information content (AvgIpc) is 2.22. The third kappa shape index (κ3) is 3.97. The van der Waals surface area contributed by atoms with Crippen LogP contribution in [0.2, 0.25) is 10.0 Å². The van der Waals surface area contributed by atoms with Gasteiger partial charge in [0, 0.05) is 16.6 Å². The van der Waals surface area contributed by atoms with Gasteiger partial charge in [0.15, 0.2) is 0 Å². The largest absolute Gasteiger partial charge is 0.395 e. The molecule has 0 aromatic heterocycles. The van der Waals surface area contributed by atoms with E-state index in [9.17, 15) is 0 Å². The topological polar surface area (TPSA) is 52.5 Å². The molecule has 0 aliphatic rings. The first kappa shape index (κ1) is 12.7. The quantitative estimate of drug-likeness (QED) is 0.741. The Hall–Kier alpha value is -0.320. The molecule has 0 saturated carbocycles. The van der Waals surface area contributed by atoms with Crippen molar-refractivity contribution in [2.45, 2.75) is 12.6 Å². The van der Waals surface area contributed by atoms with E-state index >= 15 is 0 Å². The van der Waals surface area contributed by atoms with Gasteiger partial charge in [0.05, 0.1) is 19.3 Å². The lowest BCUT2D eigenvalue weighted by Crippen LogP contribution is -2.35. The van der Waals surface area contributed by atoms with Crippen molar-refractivity contribution < 1.29 is 10.2 Å². The Labute approximate surface area is 98.6 Å². The fraction of sp³-hybridized carbons (Fsp3) is 0.400. The van der Waals surface area contributed by atoms with Gasteiger partial charge in [-0.1, -0.05) is 29.3 Å². The summed E-state index contributed by atoms with van der Waals surface area (Å²) < 4.78 is 0. The molecule has 0 aliphatic heterocycles. The van der Waals surface area contributed by atoms with Crippen molar-refractivity contribution in [2.75, 3.05) is 13.2 Å². The highest BCUT2D eigenvalue weighted by molar-refractivity contribution is 6.35. The van der Waals surface area contributed by atoms with Gasteiger partial charge in [-0.2, -0.15) is 0 Å². The Morgan fingerprint density at radius 2 is 1.87 bits per heavy atom. The first-order chi connectivity index (χ1) is 7.17. The van der Waals surface area contributed by atoms with Gasteiger partial charge in [-0.05, 0) is 17.7 Å². The Balaban J connectivity index is 2.57. The second-order valence-electron chi connectivity index (χ2n) is 3.18. The number of aliphatic hydroxyl groups excluding tert-OH is 2. The van der Waals surface area contributed by atoms with Crippen LogP contribution in [-0.2, 0) is 6.54 Å². The molecule has 84 valence electrons. The van der Waals surface area contributed by atoms with Crippen LogP contribution in [0.3, 0.4) is 0 Å².